The summed E-state index contributed by atoms with van der Waals surface area (Å²) in [6.45, 7) is 6.33. The molecule has 116 valence electrons. The molecule has 0 aliphatic carbocycles. The predicted octanol–water partition coefficient (Wildman–Crippen LogP) is 2.64. The van der Waals surface area contributed by atoms with Crippen LogP contribution in [0, 0.1) is 0 Å². The van der Waals surface area contributed by atoms with Gasteiger partial charge in [0.05, 0.1) is 17.6 Å². The zero-order chi connectivity index (χ0) is 15.4. The molecule has 7 heteroatoms. The van der Waals surface area contributed by atoms with Gasteiger partial charge in [-0.25, -0.2) is 9.97 Å². The molecule has 3 heterocycles. The topological polar surface area (TPSA) is 73.1 Å². The first-order chi connectivity index (χ1) is 10.7. The third kappa shape index (κ3) is 3.62. The highest BCUT2D eigenvalue weighted by Gasteiger charge is 2.13. The van der Waals surface area contributed by atoms with E-state index in [0.717, 1.165) is 23.5 Å². The van der Waals surface area contributed by atoms with Crippen molar-refractivity contribution in [2.24, 2.45) is 0 Å². The van der Waals surface area contributed by atoms with Crippen LogP contribution in [0.4, 0.5) is 0 Å². The maximum atomic E-state index is 5.05. The second kappa shape index (κ2) is 6.57. The van der Waals surface area contributed by atoms with E-state index >= 15 is 0 Å². The van der Waals surface area contributed by atoms with E-state index in [4.69, 9.17) is 8.83 Å². The zero-order valence-corrected chi connectivity index (χ0v) is 12.7. The van der Waals surface area contributed by atoms with Crippen LogP contribution in [0.1, 0.15) is 36.8 Å². The first-order valence-corrected chi connectivity index (χ1v) is 7.20. The fourth-order valence-electron chi connectivity index (χ4n) is 2.26. The Hall–Kier alpha value is -2.41. The van der Waals surface area contributed by atoms with Crippen molar-refractivity contribution in [2.75, 3.05) is 0 Å². The number of hydrogen-bond acceptors (Lipinski definition) is 6. The molecule has 0 N–H and O–H groups in total. The van der Waals surface area contributed by atoms with Crippen LogP contribution in [0.5, 0.6) is 0 Å². The van der Waals surface area contributed by atoms with Crippen molar-refractivity contribution >= 4 is 0 Å². The average molecular weight is 301 g/mol. The maximum Gasteiger partial charge on any atom is 0.180 e. The Labute approximate surface area is 128 Å². The van der Waals surface area contributed by atoms with Crippen LogP contribution in [0.15, 0.2) is 46.5 Å². The summed E-state index contributed by atoms with van der Waals surface area (Å²) in [6, 6.07) is 0.355. The van der Waals surface area contributed by atoms with E-state index in [0.29, 0.717) is 19.1 Å². The quantitative estimate of drug-likeness (QED) is 0.668. The number of rotatable bonds is 7. The minimum absolute atomic E-state index is 0.355. The molecule has 3 aromatic rings. The molecule has 0 unspecified atom stereocenters. The number of oxazole rings is 2. The van der Waals surface area contributed by atoms with Gasteiger partial charge in [-0.15, -0.1) is 0 Å². The Morgan fingerprint density at radius 3 is 2.14 bits per heavy atom. The van der Waals surface area contributed by atoms with Crippen LogP contribution >= 0.6 is 0 Å². The van der Waals surface area contributed by atoms with Gasteiger partial charge in [0, 0.05) is 37.4 Å². The van der Waals surface area contributed by atoms with E-state index in [-0.39, 0.29) is 0 Å². The first kappa shape index (κ1) is 14.5. The van der Waals surface area contributed by atoms with E-state index in [1.165, 1.54) is 12.8 Å². The van der Waals surface area contributed by atoms with Crippen LogP contribution in [0.3, 0.4) is 0 Å². The summed E-state index contributed by atoms with van der Waals surface area (Å²) in [5, 5.41) is 4.38. The molecule has 0 saturated heterocycles. The molecule has 0 saturated carbocycles. The van der Waals surface area contributed by atoms with Gasteiger partial charge in [-0.3, -0.25) is 9.58 Å². The lowest BCUT2D eigenvalue weighted by molar-refractivity contribution is 0.241. The molecule has 0 atom stereocenters. The normalized spacial score (nSPS) is 11.6. The van der Waals surface area contributed by atoms with E-state index in [9.17, 15) is 0 Å². The molecule has 0 spiro atoms. The number of hydrogen-bond donors (Lipinski definition) is 0. The molecule has 0 amide bonds. The van der Waals surface area contributed by atoms with Gasteiger partial charge in [0.1, 0.15) is 12.5 Å². The minimum atomic E-state index is 0.355. The summed E-state index contributed by atoms with van der Waals surface area (Å²) in [4.78, 5) is 10.6. The monoisotopic (exact) mass is 301 g/mol. The third-order valence-corrected chi connectivity index (χ3v) is 3.33. The van der Waals surface area contributed by atoms with Gasteiger partial charge in [0.25, 0.3) is 0 Å². The molecule has 22 heavy (non-hydrogen) atoms. The lowest BCUT2D eigenvalue weighted by Gasteiger charge is -2.19. The smallest absolute Gasteiger partial charge is 0.180 e. The first-order valence-electron chi connectivity index (χ1n) is 7.20. The van der Waals surface area contributed by atoms with Gasteiger partial charge in [-0.05, 0) is 13.8 Å². The molecule has 0 radical (unpaired) electrons. The van der Waals surface area contributed by atoms with Crippen molar-refractivity contribution in [2.45, 2.75) is 39.5 Å². The van der Waals surface area contributed by atoms with Gasteiger partial charge in [0.2, 0.25) is 0 Å². The third-order valence-electron chi connectivity index (χ3n) is 3.33. The van der Waals surface area contributed by atoms with Crippen molar-refractivity contribution in [1.29, 1.82) is 0 Å². The molecule has 3 aromatic heterocycles. The molecule has 0 aliphatic heterocycles. The molecule has 0 bridgehead atoms. The number of nitrogens with zero attached hydrogens (tertiary/aromatic N) is 5. The lowest BCUT2D eigenvalue weighted by atomic mass is 10.3. The Morgan fingerprint density at radius 2 is 1.68 bits per heavy atom. The Kier molecular flexibility index (Phi) is 4.34. The second-order valence-electron chi connectivity index (χ2n) is 5.53. The molecular weight excluding hydrogens is 282 g/mol. The van der Waals surface area contributed by atoms with E-state index < -0.39 is 0 Å². The van der Waals surface area contributed by atoms with Crippen molar-refractivity contribution in [3.63, 3.8) is 0 Å². The highest BCUT2D eigenvalue weighted by Crippen LogP contribution is 2.13. The molecule has 0 aliphatic rings. The predicted molar refractivity (Wildman–Crippen MR) is 78.6 cm³/mol. The molecule has 7 nitrogen and oxygen atoms in total. The largest absolute Gasteiger partial charge is 0.451 e. The fourth-order valence-corrected chi connectivity index (χ4v) is 2.26. The Balaban J connectivity index is 1.71. The summed E-state index contributed by atoms with van der Waals surface area (Å²) in [6.07, 6.45) is 10.2. The molecule has 3 rings (SSSR count). The van der Waals surface area contributed by atoms with Gasteiger partial charge in [-0.1, -0.05) is 0 Å². The van der Waals surface area contributed by atoms with Crippen LogP contribution in [0.2, 0.25) is 0 Å². The molecular formula is C15H19N5O2. The van der Waals surface area contributed by atoms with Crippen LogP contribution in [-0.4, -0.2) is 24.6 Å². The van der Waals surface area contributed by atoms with Crippen LogP contribution in [-0.2, 0) is 19.6 Å². The zero-order valence-electron chi connectivity index (χ0n) is 12.7. The fraction of sp³-hybridized carbons (Fsp3) is 0.400. The van der Waals surface area contributed by atoms with Crippen molar-refractivity contribution in [3.05, 3.63) is 54.7 Å². The highest BCUT2D eigenvalue weighted by atomic mass is 16.3. The summed E-state index contributed by atoms with van der Waals surface area (Å²) in [5.41, 5.74) is 2.93. The van der Waals surface area contributed by atoms with Gasteiger partial charge in [-0.2, -0.15) is 5.10 Å². The SMILES string of the molecule is CC(C)n1cc(CN(Cc2cocn2)Cc2cocn2)cn1. The summed E-state index contributed by atoms with van der Waals surface area (Å²) >= 11 is 0. The second-order valence-corrected chi connectivity index (χ2v) is 5.53. The van der Waals surface area contributed by atoms with E-state index in [1.54, 1.807) is 12.5 Å². The van der Waals surface area contributed by atoms with Crippen LogP contribution in [0.25, 0.3) is 0 Å². The lowest BCUT2D eigenvalue weighted by Crippen LogP contribution is -2.22. The van der Waals surface area contributed by atoms with Crippen molar-refractivity contribution in [3.8, 4) is 0 Å². The minimum Gasteiger partial charge on any atom is -0.451 e. The summed E-state index contributed by atoms with van der Waals surface area (Å²) in [5.74, 6) is 0. The van der Waals surface area contributed by atoms with Gasteiger partial charge in [0.15, 0.2) is 12.8 Å². The standard InChI is InChI=1S/C15H19N5O2/c1-12(2)20-5-13(3-18-20)4-19(6-14-8-21-10-16-14)7-15-9-22-11-17-15/h3,5,8-12H,4,6-7H2,1-2H3. The summed E-state index contributed by atoms with van der Waals surface area (Å²) < 4.78 is 12.1. The Bertz CT molecular complexity index is 636. The van der Waals surface area contributed by atoms with Gasteiger partial charge < -0.3 is 8.83 Å². The summed E-state index contributed by atoms with van der Waals surface area (Å²) in [7, 11) is 0. The van der Waals surface area contributed by atoms with E-state index in [1.807, 2.05) is 10.9 Å². The van der Waals surface area contributed by atoms with Gasteiger partial charge >= 0.3 is 0 Å². The highest BCUT2D eigenvalue weighted by molar-refractivity contribution is 5.06. The van der Waals surface area contributed by atoms with E-state index in [2.05, 4.69) is 40.0 Å². The Morgan fingerprint density at radius 1 is 1.05 bits per heavy atom. The number of aromatic nitrogens is 4. The van der Waals surface area contributed by atoms with Crippen molar-refractivity contribution < 1.29 is 8.83 Å². The maximum absolute atomic E-state index is 5.05. The van der Waals surface area contributed by atoms with Crippen LogP contribution < -0.4 is 0 Å². The molecule has 0 aromatic carbocycles. The average Bonchev–Trinajstić information content (AvgIpc) is 3.19. The van der Waals surface area contributed by atoms with Crippen molar-refractivity contribution in [1.82, 2.24) is 24.6 Å². The molecule has 0 fully saturated rings.